The molecule has 0 saturated carbocycles. The lowest BCUT2D eigenvalue weighted by Crippen LogP contribution is -2.00. The van der Waals surface area contributed by atoms with Gasteiger partial charge in [0.1, 0.15) is 5.75 Å². The molecule has 0 aliphatic carbocycles. The maximum atomic E-state index is 5.51. The third kappa shape index (κ3) is 3.89. The Kier molecular flexibility index (Phi) is 5.38. The Labute approximate surface area is 141 Å². The summed E-state index contributed by atoms with van der Waals surface area (Å²) in [6.07, 6.45) is 10.2. The van der Waals surface area contributed by atoms with Gasteiger partial charge in [-0.25, -0.2) is 4.98 Å². The third-order valence-corrected chi connectivity index (χ3v) is 4.02. The van der Waals surface area contributed by atoms with E-state index in [2.05, 4.69) is 15.1 Å². The van der Waals surface area contributed by atoms with E-state index in [-0.39, 0.29) is 0 Å². The molecule has 0 amide bonds. The number of aromatic nitrogens is 4. The van der Waals surface area contributed by atoms with E-state index in [9.17, 15) is 0 Å². The Morgan fingerprint density at radius 3 is 2.79 bits per heavy atom. The molecule has 0 bridgehead atoms. The zero-order valence-electron chi connectivity index (χ0n) is 14.0. The Morgan fingerprint density at radius 1 is 1.08 bits per heavy atom. The van der Waals surface area contributed by atoms with Crippen LogP contribution in [0.4, 0.5) is 0 Å². The van der Waals surface area contributed by atoms with Crippen LogP contribution in [0.2, 0.25) is 0 Å². The van der Waals surface area contributed by atoms with Crippen LogP contribution in [0.25, 0.3) is 22.3 Å². The second-order valence-corrected chi connectivity index (χ2v) is 5.80. The number of unbranched alkanes of at least 4 members (excludes halogenated alkanes) is 3. The summed E-state index contributed by atoms with van der Waals surface area (Å²) >= 11 is 0. The number of nitrogens with zero attached hydrogens (tertiary/aromatic N) is 4. The van der Waals surface area contributed by atoms with Crippen molar-refractivity contribution in [1.82, 2.24) is 19.7 Å². The van der Waals surface area contributed by atoms with E-state index in [1.165, 1.54) is 12.8 Å². The average molecular weight is 325 g/mol. The van der Waals surface area contributed by atoms with Crippen molar-refractivity contribution >= 4 is 11.0 Å². The zero-order valence-corrected chi connectivity index (χ0v) is 14.0. The van der Waals surface area contributed by atoms with Crippen LogP contribution < -0.4 is 10.5 Å². The molecule has 0 radical (unpaired) electrons. The molecule has 0 spiro atoms. The van der Waals surface area contributed by atoms with Gasteiger partial charge < -0.3 is 10.5 Å². The minimum atomic E-state index is 0.775. The van der Waals surface area contributed by atoms with Gasteiger partial charge in [0.2, 0.25) is 0 Å². The second kappa shape index (κ2) is 7.88. The maximum absolute atomic E-state index is 5.51. The van der Waals surface area contributed by atoms with Crippen molar-refractivity contribution in [2.75, 3.05) is 13.7 Å². The van der Waals surface area contributed by atoms with Gasteiger partial charge in [-0.2, -0.15) is 5.10 Å². The number of ether oxygens (including phenoxy) is 1. The Morgan fingerprint density at radius 2 is 1.96 bits per heavy atom. The van der Waals surface area contributed by atoms with Crippen LogP contribution in [0.3, 0.4) is 0 Å². The van der Waals surface area contributed by atoms with Crippen molar-refractivity contribution in [1.29, 1.82) is 0 Å². The first-order valence-electron chi connectivity index (χ1n) is 8.34. The van der Waals surface area contributed by atoms with E-state index in [1.807, 2.05) is 35.3 Å². The van der Waals surface area contributed by atoms with E-state index in [1.54, 1.807) is 13.3 Å². The molecule has 2 heterocycles. The van der Waals surface area contributed by atoms with E-state index < -0.39 is 0 Å². The van der Waals surface area contributed by atoms with E-state index >= 15 is 0 Å². The summed E-state index contributed by atoms with van der Waals surface area (Å²) in [7, 11) is 1.65. The summed E-state index contributed by atoms with van der Waals surface area (Å²) in [5.41, 5.74) is 8.99. The van der Waals surface area contributed by atoms with Crippen LogP contribution in [0.5, 0.6) is 5.75 Å². The average Bonchev–Trinajstić information content (AvgIpc) is 3.09. The molecule has 6 heteroatoms. The molecule has 3 aromatic rings. The van der Waals surface area contributed by atoms with Gasteiger partial charge >= 0.3 is 0 Å². The summed E-state index contributed by atoms with van der Waals surface area (Å²) in [5.74, 6) is 0.780. The smallest absolute Gasteiger partial charge is 0.121 e. The van der Waals surface area contributed by atoms with Crippen molar-refractivity contribution in [3.8, 4) is 17.0 Å². The molecule has 24 heavy (non-hydrogen) atoms. The number of aryl methyl sites for hydroxylation is 1. The highest BCUT2D eigenvalue weighted by Crippen LogP contribution is 2.22. The van der Waals surface area contributed by atoms with Crippen LogP contribution in [-0.2, 0) is 6.54 Å². The minimum absolute atomic E-state index is 0.775. The topological polar surface area (TPSA) is 78.9 Å². The zero-order chi connectivity index (χ0) is 16.8. The van der Waals surface area contributed by atoms with Crippen molar-refractivity contribution < 1.29 is 4.74 Å². The monoisotopic (exact) mass is 325 g/mol. The largest absolute Gasteiger partial charge is 0.497 e. The second-order valence-electron chi connectivity index (χ2n) is 5.80. The Bertz CT molecular complexity index is 799. The fraction of sp³-hybridized carbons (Fsp3) is 0.389. The lowest BCUT2D eigenvalue weighted by atomic mass is 10.2. The Hall–Kier alpha value is -2.47. The number of methoxy groups -OCH3 is 1. The molecular weight excluding hydrogens is 302 g/mol. The molecule has 0 atom stereocenters. The Balaban J connectivity index is 1.71. The first-order valence-corrected chi connectivity index (χ1v) is 8.34. The van der Waals surface area contributed by atoms with E-state index in [0.717, 1.165) is 54.0 Å². The summed E-state index contributed by atoms with van der Waals surface area (Å²) in [6, 6.07) is 5.70. The van der Waals surface area contributed by atoms with Gasteiger partial charge in [-0.3, -0.25) is 9.67 Å². The van der Waals surface area contributed by atoms with Crippen molar-refractivity contribution in [2.45, 2.75) is 32.2 Å². The van der Waals surface area contributed by atoms with Crippen molar-refractivity contribution in [3.63, 3.8) is 0 Å². The number of hydrogen-bond acceptors (Lipinski definition) is 5. The molecule has 6 nitrogen and oxygen atoms in total. The van der Waals surface area contributed by atoms with Gasteiger partial charge in [0.05, 0.1) is 36.2 Å². The molecule has 0 aliphatic heterocycles. The summed E-state index contributed by atoms with van der Waals surface area (Å²) in [6.45, 7) is 1.69. The first kappa shape index (κ1) is 16.4. The predicted molar refractivity (Wildman–Crippen MR) is 94.8 cm³/mol. The predicted octanol–water partition coefficient (Wildman–Crippen LogP) is 3.02. The molecule has 0 saturated heterocycles. The normalized spacial score (nSPS) is 11.1. The van der Waals surface area contributed by atoms with Crippen molar-refractivity contribution in [3.05, 3.63) is 36.8 Å². The fourth-order valence-corrected chi connectivity index (χ4v) is 2.65. The van der Waals surface area contributed by atoms with Gasteiger partial charge in [0.15, 0.2) is 0 Å². The molecule has 0 fully saturated rings. The minimum Gasteiger partial charge on any atom is -0.497 e. The SMILES string of the molecule is COc1ccc2ncc(-c3cnn(CCCCCCN)c3)nc2c1. The van der Waals surface area contributed by atoms with Crippen LogP contribution in [-0.4, -0.2) is 33.4 Å². The quantitative estimate of drug-likeness (QED) is 0.644. The van der Waals surface area contributed by atoms with Crippen LogP contribution in [0, 0.1) is 0 Å². The molecule has 2 N–H and O–H groups in total. The van der Waals surface area contributed by atoms with Gasteiger partial charge in [0.25, 0.3) is 0 Å². The fourth-order valence-electron chi connectivity index (χ4n) is 2.65. The van der Waals surface area contributed by atoms with Gasteiger partial charge in [-0.05, 0) is 31.5 Å². The van der Waals surface area contributed by atoms with Gasteiger partial charge in [0, 0.05) is 24.4 Å². The molecule has 0 unspecified atom stereocenters. The molecular formula is C18H23N5O. The summed E-state index contributed by atoms with van der Waals surface area (Å²) < 4.78 is 7.22. The molecule has 0 aliphatic rings. The maximum Gasteiger partial charge on any atom is 0.121 e. The number of benzene rings is 1. The number of nitrogens with two attached hydrogens (primary N) is 1. The van der Waals surface area contributed by atoms with Crippen LogP contribution >= 0.6 is 0 Å². The third-order valence-electron chi connectivity index (χ3n) is 4.02. The molecule has 126 valence electrons. The van der Waals surface area contributed by atoms with Crippen LogP contribution in [0.1, 0.15) is 25.7 Å². The highest BCUT2D eigenvalue weighted by Gasteiger charge is 2.06. The highest BCUT2D eigenvalue weighted by atomic mass is 16.5. The highest BCUT2D eigenvalue weighted by molar-refractivity contribution is 5.78. The lowest BCUT2D eigenvalue weighted by Gasteiger charge is -2.03. The number of hydrogen-bond donors (Lipinski definition) is 1. The van der Waals surface area contributed by atoms with E-state index in [4.69, 9.17) is 10.5 Å². The standard InChI is InChI=1S/C18H23N5O/c1-24-15-6-7-16-17(10-15)22-18(12-20-16)14-11-21-23(13-14)9-5-3-2-4-8-19/h6-7,10-13H,2-5,8-9,19H2,1H3. The van der Waals surface area contributed by atoms with Crippen molar-refractivity contribution in [2.24, 2.45) is 5.73 Å². The van der Waals surface area contributed by atoms with E-state index in [0.29, 0.717) is 0 Å². The van der Waals surface area contributed by atoms with Crippen LogP contribution in [0.15, 0.2) is 36.8 Å². The number of fused-ring (bicyclic) bond motifs is 1. The summed E-state index contributed by atoms with van der Waals surface area (Å²) in [5, 5.41) is 4.42. The molecule has 3 rings (SSSR count). The number of rotatable bonds is 8. The summed E-state index contributed by atoms with van der Waals surface area (Å²) in [4.78, 5) is 9.15. The first-order chi connectivity index (χ1) is 11.8. The molecule has 2 aromatic heterocycles. The molecule has 1 aromatic carbocycles. The van der Waals surface area contributed by atoms with Gasteiger partial charge in [-0.1, -0.05) is 12.8 Å². The lowest BCUT2D eigenvalue weighted by molar-refractivity contribution is 0.415. The van der Waals surface area contributed by atoms with Gasteiger partial charge in [-0.15, -0.1) is 0 Å².